The van der Waals surface area contributed by atoms with E-state index in [0.29, 0.717) is 17.7 Å². The Kier molecular flexibility index (Phi) is 7.01. The Morgan fingerprint density at radius 1 is 1.26 bits per heavy atom. The van der Waals surface area contributed by atoms with E-state index in [-0.39, 0.29) is 5.91 Å². The molecule has 1 aromatic rings. The summed E-state index contributed by atoms with van der Waals surface area (Å²) in [4.78, 5) is 14.2. The minimum Gasteiger partial charge on any atom is -0.342 e. The van der Waals surface area contributed by atoms with Crippen LogP contribution in [0.25, 0.3) is 6.08 Å². The number of benzene rings is 1. The van der Waals surface area contributed by atoms with E-state index in [1.807, 2.05) is 36.4 Å². The number of nitrogens with zero attached hydrogens (tertiary/aromatic N) is 1. The van der Waals surface area contributed by atoms with Gasteiger partial charge in [0.25, 0.3) is 0 Å². The van der Waals surface area contributed by atoms with Crippen molar-refractivity contribution in [1.82, 2.24) is 10.2 Å². The van der Waals surface area contributed by atoms with E-state index in [0.717, 1.165) is 18.4 Å². The van der Waals surface area contributed by atoms with Gasteiger partial charge in [-0.2, -0.15) is 0 Å². The molecule has 23 heavy (non-hydrogen) atoms. The normalized spacial score (nSPS) is 15.3. The Morgan fingerprint density at radius 2 is 1.96 bits per heavy atom. The highest BCUT2D eigenvalue weighted by atomic mass is 32.1. The zero-order chi connectivity index (χ0) is 16.5. The summed E-state index contributed by atoms with van der Waals surface area (Å²) in [6.07, 6.45) is 11.1. The summed E-state index contributed by atoms with van der Waals surface area (Å²) in [5.41, 5.74) is 0.990. The van der Waals surface area contributed by atoms with Crippen molar-refractivity contribution >= 4 is 29.3 Å². The fourth-order valence-electron chi connectivity index (χ4n) is 2.88. The second-order valence-electron chi connectivity index (χ2n) is 5.77. The van der Waals surface area contributed by atoms with Crippen LogP contribution in [-0.2, 0) is 4.79 Å². The Labute approximate surface area is 144 Å². The highest BCUT2D eigenvalue weighted by Gasteiger charge is 2.22. The highest BCUT2D eigenvalue weighted by molar-refractivity contribution is 7.80. The van der Waals surface area contributed by atoms with E-state index in [4.69, 9.17) is 12.2 Å². The Balaban J connectivity index is 1.93. The summed E-state index contributed by atoms with van der Waals surface area (Å²) in [6.45, 7) is 4.48. The average Bonchev–Trinajstić information content (AvgIpc) is 2.59. The zero-order valence-corrected chi connectivity index (χ0v) is 14.2. The molecule has 3 nitrogen and oxygen atoms in total. The molecule has 122 valence electrons. The third-order valence-corrected chi connectivity index (χ3v) is 4.40. The van der Waals surface area contributed by atoms with Crippen molar-refractivity contribution in [3.63, 3.8) is 0 Å². The molecule has 1 amide bonds. The van der Waals surface area contributed by atoms with Crippen LogP contribution in [-0.4, -0.2) is 28.5 Å². The second kappa shape index (κ2) is 9.26. The van der Waals surface area contributed by atoms with E-state index in [1.54, 1.807) is 6.08 Å². The number of rotatable bonds is 5. The largest absolute Gasteiger partial charge is 0.342 e. The second-order valence-corrected chi connectivity index (χ2v) is 6.16. The van der Waals surface area contributed by atoms with Crippen LogP contribution in [0.3, 0.4) is 0 Å². The van der Waals surface area contributed by atoms with Crippen molar-refractivity contribution in [3.05, 3.63) is 54.6 Å². The van der Waals surface area contributed by atoms with E-state index in [2.05, 4.69) is 16.8 Å². The van der Waals surface area contributed by atoms with Gasteiger partial charge in [-0.05, 0) is 36.7 Å². The van der Waals surface area contributed by atoms with E-state index in [9.17, 15) is 4.79 Å². The van der Waals surface area contributed by atoms with Gasteiger partial charge in [-0.3, -0.25) is 10.1 Å². The fourth-order valence-corrected chi connectivity index (χ4v) is 3.21. The Morgan fingerprint density at radius 3 is 2.61 bits per heavy atom. The number of thiocarbonyl (C=S) groups is 1. The van der Waals surface area contributed by atoms with Gasteiger partial charge in [0.1, 0.15) is 0 Å². The van der Waals surface area contributed by atoms with Crippen LogP contribution in [0, 0.1) is 0 Å². The maximum atomic E-state index is 12.1. The van der Waals surface area contributed by atoms with Crippen molar-refractivity contribution in [2.45, 2.75) is 38.1 Å². The third kappa shape index (κ3) is 5.64. The molecule has 1 fully saturated rings. The van der Waals surface area contributed by atoms with Crippen LogP contribution in [0.15, 0.2) is 49.1 Å². The summed E-state index contributed by atoms with van der Waals surface area (Å²) in [7, 11) is 0. The van der Waals surface area contributed by atoms with Gasteiger partial charge < -0.3 is 4.90 Å². The molecule has 0 aliphatic heterocycles. The first-order valence-corrected chi connectivity index (χ1v) is 8.57. The van der Waals surface area contributed by atoms with Crippen LogP contribution in [0.5, 0.6) is 0 Å². The first kappa shape index (κ1) is 17.4. The third-order valence-electron chi connectivity index (χ3n) is 4.06. The predicted octanol–water partition coefficient (Wildman–Crippen LogP) is 3.92. The fraction of sp³-hybridized carbons (Fsp3) is 0.368. The molecule has 1 aliphatic rings. The molecule has 0 saturated heterocycles. The number of hydrogen-bond donors (Lipinski definition) is 1. The van der Waals surface area contributed by atoms with Crippen molar-refractivity contribution in [1.29, 1.82) is 0 Å². The van der Waals surface area contributed by atoms with Crippen molar-refractivity contribution in [2.75, 3.05) is 6.54 Å². The van der Waals surface area contributed by atoms with Crippen LogP contribution in [0.2, 0.25) is 0 Å². The summed E-state index contributed by atoms with van der Waals surface area (Å²) in [5, 5.41) is 3.32. The molecule has 0 unspecified atom stereocenters. The number of amides is 1. The maximum Gasteiger partial charge on any atom is 0.250 e. The van der Waals surface area contributed by atoms with Crippen LogP contribution in [0.1, 0.15) is 37.7 Å². The Hall–Kier alpha value is -1.94. The number of carbonyl (C=O) groups is 1. The SMILES string of the molecule is C=CCN(C(=S)NC(=O)/C=C\c1ccccc1)C1CCCCC1. The van der Waals surface area contributed by atoms with Gasteiger partial charge in [0.15, 0.2) is 5.11 Å². The van der Waals surface area contributed by atoms with Gasteiger partial charge in [0.2, 0.25) is 5.91 Å². The molecule has 4 heteroatoms. The average molecular weight is 328 g/mol. The van der Waals surface area contributed by atoms with Gasteiger partial charge in [-0.15, -0.1) is 6.58 Å². The van der Waals surface area contributed by atoms with Crippen molar-refractivity contribution in [2.24, 2.45) is 0 Å². The monoisotopic (exact) mass is 328 g/mol. The van der Waals surface area contributed by atoms with E-state index >= 15 is 0 Å². The van der Waals surface area contributed by atoms with Crippen LogP contribution < -0.4 is 5.32 Å². The molecule has 1 saturated carbocycles. The van der Waals surface area contributed by atoms with Crippen molar-refractivity contribution < 1.29 is 4.79 Å². The summed E-state index contributed by atoms with van der Waals surface area (Å²) in [5.74, 6) is -0.191. The van der Waals surface area contributed by atoms with Crippen LogP contribution in [0.4, 0.5) is 0 Å². The number of carbonyl (C=O) groups excluding carboxylic acids is 1. The first-order valence-electron chi connectivity index (χ1n) is 8.16. The maximum absolute atomic E-state index is 12.1. The molecule has 1 N–H and O–H groups in total. The lowest BCUT2D eigenvalue weighted by Gasteiger charge is -2.35. The molecule has 0 aromatic heterocycles. The lowest BCUT2D eigenvalue weighted by Crippen LogP contribution is -2.48. The minimum absolute atomic E-state index is 0.191. The Bertz CT molecular complexity index is 562. The molecule has 0 bridgehead atoms. The van der Waals surface area contributed by atoms with Crippen molar-refractivity contribution in [3.8, 4) is 0 Å². The van der Waals surface area contributed by atoms with E-state index < -0.39 is 0 Å². The lowest BCUT2D eigenvalue weighted by molar-refractivity contribution is -0.115. The molecule has 0 heterocycles. The zero-order valence-electron chi connectivity index (χ0n) is 13.4. The molecule has 0 atom stereocenters. The van der Waals surface area contributed by atoms with Gasteiger partial charge in [0, 0.05) is 18.7 Å². The quantitative estimate of drug-likeness (QED) is 0.505. The van der Waals surface area contributed by atoms with Crippen LogP contribution >= 0.6 is 12.2 Å². The van der Waals surface area contributed by atoms with E-state index in [1.165, 1.54) is 25.3 Å². The van der Waals surface area contributed by atoms with Gasteiger partial charge in [-0.1, -0.05) is 55.7 Å². The lowest BCUT2D eigenvalue weighted by atomic mass is 9.94. The van der Waals surface area contributed by atoms with Gasteiger partial charge in [0.05, 0.1) is 0 Å². The summed E-state index contributed by atoms with van der Waals surface area (Å²) < 4.78 is 0. The molecular weight excluding hydrogens is 304 g/mol. The summed E-state index contributed by atoms with van der Waals surface area (Å²) >= 11 is 5.44. The topological polar surface area (TPSA) is 32.3 Å². The molecule has 2 rings (SSSR count). The predicted molar refractivity (Wildman–Crippen MR) is 100.0 cm³/mol. The molecule has 0 spiro atoms. The van der Waals surface area contributed by atoms with Gasteiger partial charge >= 0.3 is 0 Å². The smallest absolute Gasteiger partial charge is 0.250 e. The number of nitrogens with one attached hydrogen (secondary N) is 1. The minimum atomic E-state index is -0.191. The highest BCUT2D eigenvalue weighted by Crippen LogP contribution is 2.22. The molecule has 1 aromatic carbocycles. The first-order chi connectivity index (χ1) is 11.2. The molecular formula is C19H24N2OS. The number of hydrogen-bond acceptors (Lipinski definition) is 2. The standard InChI is InChI=1S/C19H24N2OS/c1-2-15-21(17-11-7-4-8-12-17)19(23)20-18(22)14-13-16-9-5-3-6-10-16/h2-3,5-6,9-10,13-14,17H,1,4,7-8,11-12,15H2,(H,20,22,23)/b14-13-. The summed E-state index contributed by atoms with van der Waals surface area (Å²) in [6, 6.07) is 10.1. The van der Waals surface area contributed by atoms with Gasteiger partial charge in [-0.25, -0.2) is 0 Å². The molecule has 1 aliphatic carbocycles. The molecule has 0 radical (unpaired) electrons.